The molecule has 4 heteroatoms. The first-order valence-electron chi connectivity index (χ1n) is 6.38. The Morgan fingerprint density at radius 2 is 1.78 bits per heavy atom. The van der Waals surface area contributed by atoms with E-state index in [9.17, 15) is 0 Å². The van der Waals surface area contributed by atoms with Crippen molar-refractivity contribution in [1.82, 2.24) is 10.2 Å². The fraction of sp³-hybridized carbons (Fsp3) is 0.571. The number of benzene rings is 1. The van der Waals surface area contributed by atoms with Gasteiger partial charge in [-0.1, -0.05) is 0 Å². The molecule has 0 amide bonds. The fourth-order valence-electron chi connectivity index (χ4n) is 2.44. The highest BCUT2D eigenvalue weighted by Crippen LogP contribution is 2.31. The first kappa shape index (κ1) is 13.2. The number of methoxy groups -OCH3 is 2. The molecule has 1 aromatic carbocycles. The summed E-state index contributed by atoms with van der Waals surface area (Å²) >= 11 is 0. The molecule has 0 aliphatic carbocycles. The summed E-state index contributed by atoms with van der Waals surface area (Å²) in [7, 11) is 5.55. The monoisotopic (exact) mass is 250 g/mol. The van der Waals surface area contributed by atoms with E-state index in [0.717, 1.165) is 37.6 Å². The van der Waals surface area contributed by atoms with E-state index in [0.29, 0.717) is 6.04 Å². The van der Waals surface area contributed by atoms with Crippen molar-refractivity contribution in [2.24, 2.45) is 0 Å². The molecule has 1 fully saturated rings. The van der Waals surface area contributed by atoms with Gasteiger partial charge in [0.1, 0.15) is 11.5 Å². The van der Waals surface area contributed by atoms with E-state index >= 15 is 0 Å². The van der Waals surface area contributed by atoms with Crippen LogP contribution in [0.15, 0.2) is 18.2 Å². The second-order valence-corrected chi connectivity index (χ2v) is 4.68. The third kappa shape index (κ3) is 2.94. The van der Waals surface area contributed by atoms with Crippen molar-refractivity contribution in [3.05, 3.63) is 23.8 Å². The third-order valence-electron chi connectivity index (χ3n) is 3.53. The van der Waals surface area contributed by atoms with Gasteiger partial charge >= 0.3 is 0 Å². The highest BCUT2D eigenvalue weighted by atomic mass is 16.5. The van der Waals surface area contributed by atoms with Crippen LogP contribution in [0.3, 0.4) is 0 Å². The van der Waals surface area contributed by atoms with Crippen LogP contribution < -0.4 is 14.8 Å². The molecule has 1 unspecified atom stereocenters. The molecular weight excluding hydrogens is 228 g/mol. The maximum atomic E-state index is 5.34. The molecule has 0 bridgehead atoms. The van der Waals surface area contributed by atoms with Gasteiger partial charge in [0, 0.05) is 25.2 Å². The Balaban J connectivity index is 2.29. The van der Waals surface area contributed by atoms with Crippen LogP contribution >= 0.6 is 0 Å². The van der Waals surface area contributed by atoms with Gasteiger partial charge < -0.3 is 14.8 Å². The van der Waals surface area contributed by atoms with Crippen molar-refractivity contribution < 1.29 is 9.47 Å². The molecular formula is C14H22N2O2. The lowest BCUT2D eigenvalue weighted by molar-refractivity contribution is 0.257. The second-order valence-electron chi connectivity index (χ2n) is 4.68. The molecule has 0 spiro atoms. The van der Waals surface area contributed by atoms with E-state index in [2.05, 4.69) is 29.4 Å². The number of hydrogen-bond acceptors (Lipinski definition) is 4. The average molecular weight is 250 g/mol. The first-order valence-corrected chi connectivity index (χ1v) is 6.38. The molecule has 1 atom stereocenters. The average Bonchev–Trinajstić information content (AvgIpc) is 2.62. The van der Waals surface area contributed by atoms with Gasteiger partial charge in [0.15, 0.2) is 0 Å². The highest BCUT2D eigenvalue weighted by molar-refractivity contribution is 5.40. The van der Waals surface area contributed by atoms with Crippen molar-refractivity contribution in [3.8, 4) is 11.5 Å². The van der Waals surface area contributed by atoms with E-state index in [4.69, 9.17) is 9.47 Å². The van der Waals surface area contributed by atoms with Gasteiger partial charge in [0.2, 0.25) is 0 Å². The van der Waals surface area contributed by atoms with Crippen LogP contribution in [0.1, 0.15) is 18.0 Å². The molecule has 0 saturated carbocycles. The van der Waals surface area contributed by atoms with Crippen molar-refractivity contribution in [2.75, 3.05) is 40.9 Å². The molecule has 1 saturated heterocycles. The van der Waals surface area contributed by atoms with E-state index in [1.807, 2.05) is 6.07 Å². The minimum absolute atomic E-state index is 0.420. The Kier molecular flexibility index (Phi) is 4.44. The maximum Gasteiger partial charge on any atom is 0.122 e. The Morgan fingerprint density at radius 3 is 2.39 bits per heavy atom. The predicted molar refractivity (Wildman–Crippen MR) is 72.4 cm³/mol. The Labute approximate surface area is 109 Å². The van der Waals surface area contributed by atoms with Crippen molar-refractivity contribution in [3.63, 3.8) is 0 Å². The summed E-state index contributed by atoms with van der Waals surface area (Å²) < 4.78 is 10.7. The lowest BCUT2D eigenvalue weighted by Gasteiger charge is -2.26. The summed E-state index contributed by atoms with van der Waals surface area (Å²) in [5.41, 5.74) is 1.26. The summed E-state index contributed by atoms with van der Waals surface area (Å²) in [5, 5.41) is 3.43. The zero-order valence-electron chi connectivity index (χ0n) is 11.4. The lowest BCUT2D eigenvalue weighted by Crippen LogP contribution is -2.26. The third-order valence-corrected chi connectivity index (χ3v) is 3.53. The smallest absolute Gasteiger partial charge is 0.122 e. The number of rotatable bonds is 3. The van der Waals surface area contributed by atoms with Crippen LogP contribution in [-0.2, 0) is 0 Å². The van der Waals surface area contributed by atoms with Gasteiger partial charge in [-0.25, -0.2) is 0 Å². The Hall–Kier alpha value is -1.26. The Bertz CT molecular complexity index is 373. The molecule has 0 aromatic heterocycles. The zero-order valence-corrected chi connectivity index (χ0v) is 11.4. The molecule has 0 radical (unpaired) electrons. The molecule has 100 valence electrons. The van der Waals surface area contributed by atoms with Gasteiger partial charge in [-0.15, -0.1) is 0 Å². The summed E-state index contributed by atoms with van der Waals surface area (Å²) in [6.45, 7) is 3.16. The van der Waals surface area contributed by atoms with Crippen LogP contribution in [0.25, 0.3) is 0 Å². The van der Waals surface area contributed by atoms with Gasteiger partial charge in [-0.3, -0.25) is 4.90 Å². The molecule has 1 aromatic rings. The summed E-state index contributed by atoms with van der Waals surface area (Å²) in [6, 6.07) is 6.55. The van der Waals surface area contributed by atoms with Crippen LogP contribution in [-0.4, -0.2) is 45.8 Å². The van der Waals surface area contributed by atoms with E-state index in [1.165, 1.54) is 5.56 Å². The maximum absolute atomic E-state index is 5.34. The zero-order chi connectivity index (χ0) is 13.0. The number of nitrogens with one attached hydrogen (secondary N) is 1. The van der Waals surface area contributed by atoms with Gasteiger partial charge in [-0.2, -0.15) is 0 Å². The number of ether oxygens (including phenoxy) is 2. The summed E-state index contributed by atoms with van der Waals surface area (Å²) in [6.07, 6.45) is 1.10. The fourth-order valence-corrected chi connectivity index (χ4v) is 2.44. The predicted octanol–water partition coefficient (Wildman–Crippen LogP) is 1.67. The van der Waals surface area contributed by atoms with Gasteiger partial charge in [0.05, 0.1) is 14.2 Å². The summed E-state index contributed by atoms with van der Waals surface area (Å²) in [4.78, 5) is 2.38. The van der Waals surface area contributed by atoms with Gasteiger partial charge in [-0.05, 0) is 37.7 Å². The highest BCUT2D eigenvalue weighted by Gasteiger charge is 2.20. The Morgan fingerprint density at radius 1 is 1.11 bits per heavy atom. The minimum atomic E-state index is 0.420. The molecule has 1 aliphatic heterocycles. The number of hydrogen-bond donors (Lipinski definition) is 1. The molecule has 1 N–H and O–H groups in total. The van der Waals surface area contributed by atoms with E-state index in [-0.39, 0.29) is 0 Å². The molecule has 2 rings (SSSR count). The molecule has 18 heavy (non-hydrogen) atoms. The normalized spacial score (nSPS) is 21.4. The van der Waals surface area contributed by atoms with E-state index < -0.39 is 0 Å². The second kappa shape index (κ2) is 6.07. The van der Waals surface area contributed by atoms with Crippen LogP contribution in [0.2, 0.25) is 0 Å². The standard InChI is InChI=1S/C14H22N2O2/c1-16-7-6-15-5-4-14(16)11-8-12(17-2)10-13(9-11)18-3/h8-10,14-15H,4-7H2,1-3H3. The topological polar surface area (TPSA) is 33.7 Å². The quantitative estimate of drug-likeness (QED) is 0.885. The number of likely N-dealkylation sites (N-methyl/N-ethyl adjacent to an activating group) is 1. The number of nitrogens with zero attached hydrogens (tertiary/aromatic N) is 1. The minimum Gasteiger partial charge on any atom is -0.497 e. The van der Waals surface area contributed by atoms with Gasteiger partial charge in [0.25, 0.3) is 0 Å². The van der Waals surface area contributed by atoms with Crippen molar-refractivity contribution in [2.45, 2.75) is 12.5 Å². The largest absolute Gasteiger partial charge is 0.497 e. The SMILES string of the molecule is COc1cc(OC)cc(C2CCNCCN2C)c1. The lowest BCUT2D eigenvalue weighted by atomic mass is 10.0. The van der Waals surface area contributed by atoms with Crippen molar-refractivity contribution >= 4 is 0 Å². The molecule has 4 nitrogen and oxygen atoms in total. The van der Waals surface area contributed by atoms with Crippen LogP contribution in [0.4, 0.5) is 0 Å². The van der Waals surface area contributed by atoms with Crippen molar-refractivity contribution in [1.29, 1.82) is 0 Å². The molecule has 1 aliphatic rings. The van der Waals surface area contributed by atoms with E-state index in [1.54, 1.807) is 14.2 Å². The van der Waals surface area contributed by atoms with Crippen LogP contribution in [0.5, 0.6) is 11.5 Å². The summed E-state index contributed by atoms with van der Waals surface area (Å²) in [5.74, 6) is 1.71. The first-order chi connectivity index (χ1) is 8.74. The molecule has 1 heterocycles. The van der Waals surface area contributed by atoms with Crippen LogP contribution in [0, 0.1) is 0 Å².